The van der Waals surface area contributed by atoms with Crippen molar-refractivity contribution in [1.29, 1.82) is 0 Å². The summed E-state index contributed by atoms with van der Waals surface area (Å²) in [6, 6.07) is 9.52. The highest BCUT2D eigenvalue weighted by molar-refractivity contribution is 5.95. The SMILES string of the molecule is Cc1cc([N+](=O)[O-])ccc1-c1ccc(C=NNC(=O)c2ccoc2C)o1. The molecule has 0 saturated carbocycles. The number of furan rings is 2. The number of amides is 1. The van der Waals surface area contributed by atoms with Crippen LogP contribution in [0.1, 0.15) is 27.4 Å². The lowest BCUT2D eigenvalue weighted by Gasteiger charge is -2.02. The maximum absolute atomic E-state index is 11.9. The predicted octanol–water partition coefficient (Wildman–Crippen LogP) is 3.83. The summed E-state index contributed by atoms with van der Waals surface area (Å²) in [6.07, 6.45) is 2.80. The average molecular weight is 353 g/mol. The van der Waals surface area contributed by atoms with E-state index in [4.69, 9.17) is 8.83 Å². The molecule has 3 rings (SSSR count). The van der Waals surface area contributed by atoms with E-state index in [9.17, 15) is 14.9 Å². The molecule has 2 aromatic heterocycles. The van der Waals surface area contributed by atoms with Crippen molar-refractivity contribution < 1.29 is 18.6 Å². The van der Waals surface area contributed by atoms with E-state index in [1.807, 2.05) is 0 Å². The molecule has 3 aromatic rings. The monoisotopic (exact) mass is 353 g/mol. The lowest BCUT2D eigenvalue weighted by atomic mass is 10.1. The third-order valence-electron chi connectivity index (χ3n) is 3.77. The fourth-order valence-electron chi connectivity index (χ4n) is 2.44. The number of carbonyl (C=O) groups is 1. The molecule has 0 aliphatic heterocycles. The lowest BCUT2D eigenvalue weighted by Crippen LogP contribution is -2.17. The quantitative estimate of drug-likeness (QED) is 0.426. The molecule has 1 aromatic carbocycles. The highest BCUT2D eigenvalue weighted by atomic mass is 16.6. The van der Waals surface area contributed by atoms with Gasteiger partial charge in [-0.05, 0) is 43.7 Å². The van der Waals surface area contributed by atoms with Crippen molar-refractivity contribution in [3.8, 4) is 11.3 Å². The third-order valence-corrected chi connectivity index (χ3v) is 3.77. The number of non-ortho nitro benzene ring substituents is 1. The Labute approximate surface area is 148 Å². The molecule has 1 N–H and O–H groups in total. The largest absolute Gasteiger partial charge is 0.469 e. The summed E-state index contributed by atoms with van der Waals surface area (Å²) in [7, 11) is 0. The first-order chi connectivity index (χ1) is 12.5. The third kappa shape index (κ3) is 3.54. The summed E-state index contributed by atoms with van der Waals surface area (Å²) >= 11 is 0. The number of aryl methyl sites for hydroxylation is 2. The molecule has 8 heteroatoms. The van der Waals surface area contributed by atoms with Crippen molar-refractivity contribution in [2.45, 2.75) is 13.8 Å². The fourth-order valence-corrected chi connectivity index (χ4v) is 2.44. The molecule has 0 radical (unpaired) electrons. The summed E-state index contributed by atoms with van der Waals surface area (Å²) in [4.78, 5) is 22.3. The number of hydrogen-bond acceptors (Lipinski definition) is 6. The molecule has 0 spiro atoms. The van der Waals surface area contributed by atoms with Gasteiger partial charge in [0.15, 0.2) is 0 Å². The van der Waals surface area contributed by atoms with Gasteiger partial charge >= 0.3 is 0 Å². The highest BCUT2D eigenvalue weighted by Gasteiger charge is 2.12. The second-order valence-electron chi connectivity index (χ2n) is 5.55. The van der Waals surface area contributed by atoms with E-state index in [1.165, 1.54) is 24.6 Å². The Bertz CT molecular complexity index is 1000. The van der Waals surface area contributed by atoms with Crippen molar-refractivity contribution in [3.05, 3.63) is 75.4 Å². The Morgan fingerprint density at radius 1 is 1.23 bits per heavy atom. The smallest absolute Gasteiger partial charge is 0.274 e. The summed E-state index contributed by atoms with van der Waals surface area (Å²) < 4.78 is 10.7. The molecule has 0 aliphatic rings. The molecule has 1 amide bonds. The molecule has 26 heavy (non-hydrogen) atoms. The zero-order chi connectivity index (χ0) is 18.7. The number of hydrogen-bond donors (Lipinski definition) is 1. The number of benzene rings is 1. The van der Waals surface area contributed by atoms with Gasteiger partial charge in [-0.1, -0.05) is 0 Å². The van der Waals surface area contributed by atoms with Crippen LogP contribution in [-0.4, -0.2) is 17.0 Å². The Morgan fingerprint density at radius 2 is 2.04 bits per heavy atom. The van der Waals surface area contributed by atoms with E-state index in [-0.39, 0.29) is 11.6 Å². The van der Waals surface area contributed by atoms with Crippen LogP contribution in [0.25, 0.3) is 11.3 Å². The number of nitro groups is 1. The lowest BCUT2D eigenvalue weighted by molar-refractivity contribution is -0.384. The molecule has 0 unspecified atom stereocenters. The molecule has 0 aliphatic carbocycles. The molecule has 8 nitrogen and oxygen atoms in total. The Balaban J connectivity index is 1.71. The Hall–Kier alpha value is -3.68. The average Bonchev–Trinajstić information content (AvgIpc) is 3.23. The molecule has 0 saturated heterocycles. The number of nitro benzene ring substituents is 1. The van der Waals surface area contributed by atoms with Crippen LogP contribution in [-0.2, 0) is 0 Å². The van der Waals surface area contributed by atoms with Crippen molar-refractivity contribution in [2.24, 2.45) is 5.10 Å². The number of nitrogens with zero attached hydrogens (tertiary/aromatic N) is 2. The molecular formula is C18H15N3O5. The van der Waals surface area contributed by atoms with Gasteiger partial charge in [-0.2, -0.15) is 5.10 Å². The number of nitrogens with one attached hydrogen (secondary N) is 1. The Morgan fingerprint density at radius 3 is 2.69 bits per heavy atom. The van der Waals surface area contributed by atoms with Crippen LogP contribution < -0.4 is 5.43 Å². The minimum absolute atomic E-state index is 0.0249. The van der Waals surface area contributed by atoms with Crippen molar-refractivity contribution in [2.75, 3.05) is 0 Å². The molecule has 132 valence electrons. The second-order valence-corrected chi connectivity index (χ2v) is 5.55. The number of carbonyl (C=O) groups excluding carboxylic acids is 1. The van der Waals surface area contributed by atoms with Crippen LogP contribution in [0.15, 0.2) is 56.6 Å². The number of rotatable bonds is 5. The van der Waals surface area contributed by atoms with Gasteiger partial charge in [-0.3, -0.25) is 14.9 Å². The van der Waals surface area contributed by atoms with Gasteiger partial charge in [0, 0.05) is 17.7 Å². The van der Waals surface area contributed by atoms with Crippen molar-refractivity contribution in [3.63, 3.8) is 0 Å². The highest BCUT2D eigenvalue weighted by Crippen LogP contribution is 2.28. The zero-order valence-corrected chi connectivity index (χ0v) is 14.1. The summed E-state index contributed by atoms with van der Waals surface area (Å²) in [6.45, 7) is 3.45. The van der Waals surface area contributed by atoms with E-state index in [1.54, 1.807) is 38.1 Å². The minimum Gasteiger partial charge on any atom is -0.469 e. The second kappa shape index (κ2) is 7.06. The molecule has 0 bridgehead atoms. The van der Waals surface area contributed by atoms with Crippen LogP contribution in [0.2, 0.25) is 0 Å². The molecule has 0 atom stereocenters. The van der Waals surface area contributed by atoms with Gasteiger partial charge in [0.25, 0.3) is 11.6 Å². The van der Waals surface area contributed by atoms with E-state index < -0.39 is 4.92 Å². The fraction of sp³-hybridized carbons (Fsp3) is 0.111. The van der Waals surface area contributed by atoms with Gasteiger partial charge < -0.3 is 8.83 Å². The first-order valence-electron chi connectivity index (χ1n) is 7.68. The topological polar surface area (TPSA) is 111 Å². The first kappa shape index (κ1) is 17.2. The zero-order valence-electron chi connectivity index (χ0n) is 14.1. The van der Waals surface area contributed by atoms with Gasteiger partial charge in [0.1, 0.15) is 17.3 Å². The van der Waals surface area contributed by atoms with Crippen molar-refractivity contribution >= 4 is 17.8 Å². The van der Waals surface area contributed by atoms with E-state index in [0.717, 1.165) is 11.1 Å². The Kier molecular flexibility index (Phi) is 4.66. The van der Waals surface area contributed by atoms with Crippen LogP contribution in [0.5, 0.6) is 0 Å². The summed E-state index contributed by atoms with van der Waals surface area (Å²) in [5.41, 5.74) is 4.29. The van der Waals surface area contributed by atoms with Gasteiger partial charge in [0.2, 0.25) is 0 Å². The molecule has 0 fully saturated rings. The summed E-state index contributed by atoms with van der Waals surface area (Å²) in [5.74, 6) is 1.11. The van der Waals surface area contributed by atoms with Gasteiger partial charge in [-0.25, -0.2) is 5.43 Å². The standard InChI is InChI=1S/C18H15N3O5/c1-11-9-13(21(23)24)3-5-15(11)17-6-4-14(26-17)10-19-20-18(22)16-7-8-25-12(16)2/h3-10H,1-2H3,(H,20,22). The maximum Gasteiger partial charge on any atom is 0.274 e. The van der Waals surface area contributed by atoms with Crippen molar-refractivity contribution in [1.82, 2.24) is 5.43 Å². The molecular weight excluding hydrogens is 338 g/mol. The maximum atomic E-state index is 11.9. The van der Waals surface area contributed by atoms with E-state index >= 15 is 0 Å². The van der Waals surface area contributed by atoms with Gasteiger partial charge in [-0.15, -0.1) is 0 Å². The van der Waals surface area contributed by atoms with Gasteiger partial charge in [0.05, 0.1) is 23.0 Å². The van der Waals surface area contributed by atoms with Crippen LogP contribution >= 0.6 is 0 Å². The number of hydrazone groups is 1. The van der Waals surface area contributed by atoms with Crippen LogP contribution in [0.4, 0.5) is 5.69 Å². The van der Waals surface area contributed by atoms with Crippen LogP contribution in [0, 0.1) is 24.0 Å². The normalized spacial score (nSPS) is 11.0. The first-order valence-corrected chi connectivity index (χ1v) is 7.68. The van der Waals surface area contributed by atoms with E-state index in [2.05, 4.69) is 10.5 Å². The minimum atomic E-state index is -0.443. The van der Waals surface area contributed by atoms with Crippen LogP contribution in [0.3, 0.4) is 0 Å². The van der Waals surface area contributed by atoms with E-state index in [0.29, 0.717) is 22.8 Å². The predicted molar refractivity (Wildman–Crippen MR) is 94.0 cm³/mol. The molecule has 2 heterocycles. The summed E-state index contributed by atoms with van der Waals surface area (Å²) in [5, 5.41) is 14.7.